The number of rotatable bonds is 2. The highest BCUT2D eigenvalue weighted by Gasteiger charge is 2.26. The molecule has 0 radical (unpaired) electrons. The van der Waals surface area contributed by atoms with E-state index in [9.17, 15) is 10.4 Å². The van der Waals surface area contributed by atoms with E-state index in [4.69, 9.17) is 0 Å². The van der Waals surface area contributed by atoms with Gasteiger partial charge in [-0.25, -0.2) is 4.98 Å². The molecule has 0 saturated carbocycles. The van der Waals surface area contributed by atoms with E-state index in [0.717, 1.165) is 40.1 Å². The number of benzene rings is 1. The standard InChI is InChI=1S/C17H12N4O/c18-8-15-13(2-1-5-19-15)17-14-7-11-6-10(9-22)3-4-12(11)16(14)20-21-17/h1-6,22H,7,9H2,(H,20,21). The van der Waals surface area contributed by atoms with Crippen molar-refractivity contribution in [1.29, 1.82) is 5.26 Å². The second kappa shape index (κ2) is 4.79. The normalized spacial score (nSPS) is 11.8. The highest BCUT2D eigenvalue weighted by atomic mass is 16.3. The van der Waals surface area contributed by atoms with Crippen molar-refractivity contribution in [1.82, 2.24) is 15.2 Å². The molecule has 1 aliphatic rings. The largest absolute Gasteiger partial charge is 0.392 e. The number of nitrogens with zero attached hydrogens (tertiary/aromatic N) is 3. The number of hydrogen-bond acceptors (Lipinski definition) is 4. The van der Waals surface area contributed by atoms with Crippen LogP contribution in [0.15, 0.2) is 36.5 Å². The van der Waals surface area contributed by atoms with Crippen LogP contribution >= 0.6 is 0 Å². The number of aliphatic hydroxyl groups is 1. The molecule has 2 heterocycles. The zero-order chi connectivity index (χ0) is 15.1. The molecule has 3 aromatic rings. The monoisotopic (exact) mass is 288 g/mol. The van der Waals surface area contributed by atoms with Gasteiger partial charge in [-0.05, 0) is 23.3 Å². The minimum absolute atomic E-state index is 0.0352. The van der Waals surface area contributed by atoms with Gasteiger partial charge < -0.3 is 5.11 Å². The van der Waals surface area contributed by atoms with Crippen molar-refractivity contribution in [2.45, 2.75) is 13.0 Å². The molecule has 1 aromatic carbocycles. The van der Waals surface area contributed by atoms with Crippen molar-refractivity contribution in [3.63, 3.8) is 0 Å². The SMILES string of the molecule is N#Cc1ncccc1-c1n[nH]c2c1Cc1cc(CO)ccc1-2. The van der Waals surface area contributed by atoms with Crippen LogP contribution in [0.25, 0.3) is 22.5 Å². The van der Waals surface area contributed by atoms with Crippen LogP contribution < -0.4 is 0 Å². The number of aliphatic hydroxyl groups excluding tert-OH is 1. The van der Waals surface area contributed by atoms with Crippen LogP contribution in [0, 0.1) is 11.3 Å². The van der Waals surface area contributed by atoms with E-state index in [0.29, 0.717) is 5.69 Å². The number of nitriles is 1. The van der Waals surface area contributed by atoms with Crippen molar-refractivity contribution in [3.8, 4) is 28.6 Å². The molecule has 5 nitrogen and oxygen atoms in total. The molecule has 1 aliphatic carbocycles. The molecular weight excluding hydrogens is 276 g/mol. The average Bonchev–Trinajstić information content (AvgIpc) is 3.12. The molecule has 2 aromatic heterocycles. The molecule has 4 rings (SSSR count). The first-order valence-electron chi connectivity index (χ1n) is 6.97. The summed E-state index contributed by atoms with van der Waals surface area (Å²) < 4.78 is 0. The van der Waals surface area contributed by atoms with Gasteiger partial charge in [0.1, 0.15) is 11.8 Å². The summed E-state index contributed by atoms with van der Waals surface area (Å²) in [4.78, 5) is 4.11. The summed E-state index contributed by atoms with van der Waals surface area (Å²) in [6.45, 7) is 0.0352. The molecule has 106 valence electrons. The lowest BCUT2D eigenvalue weighted by atomic mass is 10.0. The fraction of sp³-hybridized carbons (Fsp3) is 0.118. The maximum atomic E-state index is 9.27. The van der Waals surface area contributed by atoms with Crippen molar-refractivity contribution >= 4 is 0 Å². The summed E-state index contributed by atoms with van der Waals surface area (Å²) in [7, 11) is 0. The first-order valence-corrected chi connectivity index (χ1v) is 6.97. The number of fused-ring (bicyclic) bond motifs is 3. The van der Waals surface area contributed by atoms with Gasteiger partial charge in [0.25, 0.3) is 0 Å². The van der Waals surface area contributed by atoms with E-state index in [-0.39, 0.29) is 6.61 Å². The minimum atomic E-state index is 0.0352. The van der Waals surface area contributed by atoms with Gasteiger partial charge >= 0.3 is 0 Å². The zero-order valence-corrected chi connectivity index (χ0v) is 11.7. The molecule has 0 spiro atoms. The van der Waals surface area contributed by atoms with E-state index < -0.39 is 0 Å². The molecule has 0 unspecified atom stereocenters. The maximum absolute atomic E-state index is 9.27. The van der Waals surface area contributed by atoms with E-state index in [1.807, 2.05) is 30.3 Å². The summed E-state index contributed by atoms with van der Waals surface area (Å²) >= 11 is 0. The van der Waals surface area contributed by atoms with Crippen molar-refractivity contribution in [2.75, 3.05) is 0 Å². The van der Waals surface area contributed by atoms with Crippen LogP contribution in [0.5, 0.6) is 0 Å². The molecule has 0 aliphatic heterocycles. The lowest BCUT2D eigenvalue weighted by Crippen LogP contribution is -1.92. The van der Waals surface area contributed by atoms with Crippen LogP contribution in [0.1, 0.15) is 22.4 Å². The maximum Gasteiger partial charge on any atom is 0.149 e. The Kier molecular flexibility index (Phi) is 2.78. The molecular formula is C17H12N4O. The number of nitrogens with one attached hydrogen (secondary N) is 1. The first kappa shape index (κ1) is 12.7. The summed E-state index contributed by atoms with van der Waals surface area (Å²) in [5.74, 6) is 0. The van der Waals surface area contributed by atoms with E-state index in [1.54, 1.807) is 6.20 Å². The van der Waals surface area contributed by atoms with Gasteiger partial charge in [-0.3, -0.25) is 5.10 Å². The number of aromatic amines is 1. The number of hydrogen-bond donors (Lipinski definition) is 2. The third-order valence-corrected chi connectivity index (χ3v) is 4.02. The van der Waals surface area contributed by atoms with Crippen LogP contribution in [0.2, 0.25) is 0 Å². The van der Waals surface area contributed by atoms with Crippen LogP contribution in [0.4, 0.5) is 0 Å². The first-order chi connectivity index (χ1) is 10.8. The van der Waals surface area contributed by atoms with Crippen molar-refractivity contribution in [3.05, 3.63) is 58.9 Å². The molecule has 0 atom stereocenters. The van der Waals surface area contributed by atoms with Gasteiger partial charge in [0.05, 0.1) is 18.0 Å². The van der Waals surface area contributed by atoms with Crippen LogP contribution in [0.3, 0.4) is 0 Å². The Morgan fingerprint density at radius 3 is 3.00 bits per heavy atom. The second-order valence-corrected chi connectivity index (χ2v) is 5.26. The van der Waals surface area contributed by atoms with E-state index in [1.165, 1.54) is 5.56 Å². The van der Waals surface area contributed by atoms with Gasteiger partial charge in [0, 0.05) is 29.3 Å². The Hall–Kier alpha value is -2.97. The molecule has 5 heteroatoms. The average molecular weight is 288 g/mol. The highest BCUT2D eigenvalue weighted by Crippen LogP contribution is 2.40. The Labute approximate surface area is 126 Å². The van der Waals surface area contributed by atoms with Gasteiger partial charge in [-0.1, -0.05) is 18.2 Å². The summed E-state index contributed by atoms with van der Waals surface area (Å²) in [6, 6.07) is 11.7. The van der Waals surface area contributed by atoms with Crippen LogP contribution in [-0.4, -0.2) is 20.3 Å². The molecule has 0 amide bonds. The Balaban J connectivity index is 1.86. The van der Waals surface area contributed by atoms with Crippen molar-refractivity contribution < 1.29 is 5.11 Å². The second-order valence-electron chi connectivity index (χ2n) is 5.26. The smallest absolute Gasteiger partial charge is 0.149 e. The summed E-state index contributed by atoms with van der Waals surface area (Å²) in [5.41, 5.74) is 7.14. The topological polar surface area (TPSA) is 85.6 Å². The molecule has 2 N–H and O–H groups in total. The third-order valence-electron chi connectivity index (χ3n) is 4.02. The molecule has 0 saturated heterocycles. The van der Waals surface area contributed by atoms with Crippen molar-refractivity contribution in [2.24, 2.45) is 0 Å². The minimum Gasteiger partial charge on any atom is -0.392 e. The fourth-order valence-corrected chi connectivity index (χ4v) is 2.99. The van der Waals surface area contributed by atoms with Gasteiger partial charge in [-0.15, -0.1) is 0 Å². The molecule has 0 fully saturated rings. The van der Waals surface area contributed by atoms with E-state index in [2.05, 4.69) is 21.3 Å². The van der Waals surface area contributed by atoms with Gasteiger partial charge in [0.2, 0.25) is 0 Å². The van der Waals surface area contributed by atoms with Gasteiger partial charge in [-0.2, -0.15) is 10.4 Å². The summed E-state index contributed by atoms with van der Waals surface area (Å²) in [5, 5.41) is 26.0. The predicted molar refractivity (Wildman–Crippen MR) is 80.7 cm³/mol. The lowest BCUT2D eigenvalue weighted by molar-refractivity contribution is 0.282. The molecule has 22 heavy (non-hydrogen) atoms. The number of pyridine rings is 1. The highest BCUT2D eigenvalue weighted by molar-refractivity contribution is 5.82. The predicted octanol–water partition coefficient (Wildman–Crippen LogP) is 2.41. The lowest BCUT2D eigenvalue weighted by Gasteiger charge is -2.03. The summed E-state index contributed by atoms with van der Waals surface area (Å²) in [6.07, 6.45) is 2.35. The Morgan fingerprint density at radius 1 is 1.27 bits per heavy atom. The number of H-pyrrole nitrogens is 1. The number of aromatic nitrogens is 3. The fourth-order valence-electron chi connectivity index (χ4n) is 2.99. The third kappa shape index (κ3) is 1.75. The Morgan fingerprint density at radius 2 is 2.18 bits per heavy atom. The van der Waals surface area contributed by atoms with E-state index >= 15 is 0 Å². The quantitative estimate of drug-likeness (QED) is 0.593. The Bertz CT molecular complexity index is 921. The molecule has 0 bridgehead atoms. The van der Waals surface area contributed by atoms with Gasteiger partial charge in [0.15, 0.2) is 0 Å². The zero-order valence-electron chi connectivity index (χ0n) is 11.7. The van der Waals surface area contributed by atoms with Crippen LogP contribution in [-0.2, 0) is 13.0 Å².